The van der Waals surface area contributed by atoms with E-state index in [2.05, 4.69) is 50.4 Å². The first-order valence-corrected chi connectivity index (χ1v) is 9.57. The molecule has 0 bridgehead atoms. The Hall–Kier alpha value is -2.29. The molecule has 26 heavy (non-hydrogen) atoms. The molecule has 1 N–H and O–H groups in total. The first-order chi connectivity index (χ1) is 12.4. The minimum absolute atomic E-state index is 0.137. The van der Waals surface area contributed by atoms with Crippen LogP contribution in [0, 0.1) is 6.92 Å². The zero-order valence-corrected chi connectivity index (χ0v) is 16.6. The predicted molar refractivity (Wildman–Crippen MR) is 109 cm³/mol. The number of anilines is 1. The Labute approximate surface area is 157 Å². The molecule has 0 spiro atoms. The minimum Gasteiger partial charge on any atom is -0.481 e. The van der Waals surface area contributed by atoms with E-state index in [1.165, 1.54) is 18.4 Å². The number of rotatable bonds is 8. The molecule has 1 atom stereocenters. The summed E-state index contributed by atoms with van der Waals surface area (Å²) in [4.78, 5) is 12.5. The van der Waals surface area contributed by atoms with Crippen molar-refractivity contribution in [1.29, 1.82) is 0 Å². The van der Waals surface area contributed by atoms with E-state index in [1.807, 2.05) is 25.1 Å². The van der Waals surface area contributed by atoms with E-state index in [0.717, 1.165) is 29.0 Å². The Bertz CT molecular complexity index is 719. The SMILES string of the molecule is CCCCc1ccc(NC(=O)[C@@H](C)Oc2cc(C)ccc2C(C)C)cc1. The third kappa shape index (κ3) is 5.62. The van der Waals surface area contributed by atoms with Crippen molar-refractivity contribution in [3.05, 3.63) is 59.2 Å². The standard InChI is InChI=1S/C23H31NO2/c1-6-7-8-19-10-12-20(13-11-19)24-23(25)18(5)26-22-15-17(4)9-14-21(22)16(2)3/h9-16,18H,6-8H2,1-5H3,(H,24,25)/t18-/m1/s1. The maximum Gasteiger partial charge on any atom is 0.265 e. The lowest BCUT2D eigenvalue weighted by molar-refractivity contribution is -0.122. The van der Waals surface area contributed by atoms with Crippen LogP contribution in [-0.2, 0) is 11.2 Å². The van der Waals surface area contributed by atoms with Crippen molar-refractivity contribution in [1.82, 2.24) is 0 Å². The van der Waals surface area contributed by atoms with E-state index < -0.39 is 6.10 Å². The van der Waals surface area contributed by atoms with Gasteiger partial charge in [-0.2, -0.15) is 0 Å². The number of aryl methyl sites for hydroxylation is 2. The van der Waals surface area contributed by atoms with Crippen LogP contribution in [0.25, 0.3) is 0 Å². The van der Waals surface area contributed by atoms with Gasteiger partial charge in [-0.05, 0) is 67.5 Å². The summed E-state index contributed by atoms with van der Waals surface area (Å²) in [6.45, 7) is 10.3. The lowest BCUT2D eigenvalue weighted by atomic mass is 10.0. The van der Waals surface area contributed by atoms with Gasteiger partial charge in [0.25, 0.3) is 5.91 Å². The molecule has 0 radical (unpaired) electrons. The molecule has 0 unspecified atom stereocenters. The van der Waals surface area contributed by atoms with Crippen molar-refractivity contribution in [2.24, 2.45) is 0 Å². The summed E-state index contributed by atoms with van der Waals surface area (Å²) >= 11 is 0. The minimum atomic E-state index is -0.561. The zero-order chi connectivity index (χ0) is 19.1. The highest BCUT2D eigenvalue weighted by Gasteiger charge is 2.17. The van der Waals surface area contributed by atoms with Crippen molar-refractivity contribution >= 4 is 11.6 Å². The Morgan fingerprint density at radius 2 is 1.77 bits per heavy atom. The number of hydrogen-bond acceptors (Lipinski definition) is 2. The van der Waals surface area contributed by atoms with Gasteiger partial charge in [-0.3, -0.25) is 4.79 Å². The van der Waals surface area contributed by atoms with Crippen molar-refractivity contribution in [3.63, 3.8) is 0 Å². The molecule has 3 nitrogen and oxygen atoms in total. The van der Waals surface area contributed by atoms with Gasteiger partial charge in [0.2, 0.25) is 0 Å². The van der Waals surface area contributed by atoms with E-state index in [-0.39, 0.29) is 5.91 Å². The molecule has 2 aromatic carbocycles. The Morgan fingerprint density at radius 1 is 1.08 bits per heavy atom. The average Bonchev–Trinajstić information content (AvgIpc) is 2.60. The molecule has 0 saturated carbocycles. The zero-order valence-electron chi connectivity index (χ0n) is 16.6. The van der Waals surface area contributed by atoms with Crippen LogP contribution >= 0.6 is 0 Å². The van der Waals surface area contributed by atoms with Gasteiger partial charge in [0.05, 0.1) is 0 Å². The van der Waals surface area contributed by atoms with Crippen LogP contribution in [0.15, 0.2) is 42.5 Å². The molecule has 1 amide bonds. The molecule has 0 aliphatic rings. The number of ether oxygens (including phenoxy) is 1. The summed E-state index contributed by atoms with van der Waals surface area (Å²) < 4.78 is 5.99. The van der Waals surface area contributed by atoms with E-state index >= 15 is 0 Å². The smallest absolute Gasteiger partial charge is 0.265 e. The maximum atomic E-state index is 12.5. The average molecular weight is 354 g/mol. The fourth-order valence-corrected chi connectivity index (χ4v) is 2.84. The van der Waals surface area contributed by atoms with Crippen LogP contribution < -0.4 is 10.1 Å². The second-order valence-corrected chi connectivity index (χ2v) is 7.25. The summed E-state index contributed by atoms with van der Waals surface area (Å²) in [6.07, 6.45) is 2.89. The van der Waals surface area contributed by atoms with Crippen LogP contribution in [-0.4, -0.2) is 12.0 Å². The van der Waals surface area contributed by atoms with Crippen LogP contribution in [0.3, 0.4) is 0 Å². The number of nitrogens with one attached hydrogen (secondary N) is 1. The van der Waals surface area contributed by atoms with Crippen molar-refractivity contribution in [2.75, 3.05) is 5.32 Å². The Balaban J connectivity index is 2.01. The number of unbranched alkanes of at least 4 members (excludes halogenated alkanes) is 1. The van der Waals surface area contributed by atoms with Crippen LogP contribution in [0.4, 0.5) is 5.69 Å². The first kappa shape index (κ1) is 20.0. The molecule has 0 heterocycles. The van der Waals surface area contributed by atoms with Gasteiger partial charge >= 0.3 is 0 Å². The number of carbonyl (C=O) groups is 1. The number of hydrogen-bond donors (Lipinski definition) is 1. The molecule has 0 saturated heterocycles. The van der Waals surface area contributed by atoms with Crippen LogP contribution in [0.2, 0.25) is 0 Å². The summed E-state index contributed by atoms with van der Waals surface area (Å²) in [5.74, 6) is 0.997. The van der Waals surface area contributed by atoms with Crippen molar-refractivity contribution in [3.8, 4) is 5.75 Å². The van der Waals surface area contributed by atoms with E-state index in [0.29, 0.717) is 5.92 Å². The van der Waals surface area contributed by atoms with E-state index in [4.69, 9.17) is 4.74 Å². The number of benzene rings is 2. The molecule has 0 fully saturated rings. The van der Waals surface area contributed by atoms with Gasteiger partial charge in [0, 0.05) is 5.69 Å². The second-order valence-electron chi connectivity index (χ2n) is 7.25. The highest BCUT2D eigenvalue weighted by Crippen LogP contribution is 2.28. The van der Waals surface area contributed by atoms with E-state index in [1.54, 1.807) is 6.92 Å². The Kier molecular flexibility index (Phi) is 7.26. The molecular weight excluding hydrogens is 322 g/mol. The number of carbonyl (C=O) groups excluding carboxylic acids is 1. The molecule has 2 aromatic rings. The number of amides is 1. The van der Waals surface area contributed by atoms with Gasteiger partial charge in [-0.15, -0.1) is 0 Å². The Morgan fingerprint density at radius 3 is 2.38 bits per heavy atom. The normalized spacial score (nSPS) is 12.1. The molecule has 2 rings (SSSR count). The van der Waals surface area contributed by atoms with Crippen molar-refractivity contribution < 1.29 is 9.53 Å². The molecule has 140 valence electrons. The topological polar surface area (TPSA) is 38.3 Å². The summed E-state index contributed by atoms with van der Waals surface area (Å²) in [5.41, 5.74) is 4.35. The fraction of sp³-hybridized carbons (Fsp3) is 0.435. The molecule has 0 aliphatic heterocycles. The monoisotopic (exact) mass is 353 g/mol. The summed E-state index contributed by atoms with van der Waals surface area (Å²) in [7, 11) is 0. The molecular formula is C23H31NO2. The third-order valence-electron chi connectivity index (χ3n) is 4.50. The maximum absolute atomic E-state index is 12.5. The van der Waals surface area contributed by atoms with Gasteiger partial charge in [0.1, 0.15) is 5.75 Å². The van der Waals surface area contributed by atoms with Gasteiger partial charge in [0.15, 0.2) is 6.10 Å². The molecule has 0 aliphatic carbocycles. The van der Waals surface area contributed by atoms with Gasteiger partial charge < -0.3 is 10.1 Å². The largest absolute Gasteiger partial charge is 0.481 e. The fourth-order valence-electron chi connectivity index (χ4n) is 2.84. The predicted octanol–water partition coefficient (Wildman–Crippen LogP) is 5.87. The highest BCUT2D eigenvalue weighted by molar-refractivity contribution is 5.94. The lowest BCUT2D eigenvalue weighted by Gasteiger charge is -2.19. The third-order valence-corrected chi connectivity index (χ3v) is 4.50. The quantitative estimate of drug-likeness (QED) is 0.645. The van der Waals surface area contributed by atoms with Crippen molar-refractivity contribution in [2.45, 2.75) is 65.9 Å². The first-order valence-electron chi connectivity index (χ1n) is 9.57. The summed E-state index contributed by atoms with van der Waals surface area (Å²) in [5, 5.41) is 2.94. The van der Waals surface area contributed by atoms with Gasteiger partial charge in [-0.25, -0.2) is 0 Å². The molecule has 3 heteroatoms. The highest BCUT2D eigenvalue weighted by atomic mass is 16.5. The second kappa shape index (κ2) is 9.42. The van der Waals surface area contributed by atoms with E-state index in [9.17, 15) is 4.79 Å². The van der Waals surface area contributed by atoms with Gasteiger partial charge in [-0.1, -0.05) is 51.5 Å². The van der Waals surface area contributed by atoms with Crippen LogP contribution in [0.1, 0.15) is 63.1 Å². The molecule has 0 aromatic heterocycles. The lowest BCUT2D eigenvalue weighted by Crippen LogP contribution is -2.30. The summed E-state index contributed by atoms with van der Waals surface area (Å²) in [6, 6.07) is 14.2. The van der Waals surface area contributed by atoms with Crippen LogP contribution in [0.5, 0.6) is 5.75 Å².